The molecule has 0 aromatic rings. The summed E-state index contributed by atoms with van der Waals surface area (Å²) in [7, 11) is 0. The Bertz CT molecular complexity index is 233. The Hall–Kier alpha value is -1.06. The highest BCUT2D eigenvalue weighted by molar-refractivity contribution is 5.87. The molecule has 1 saturated heterocycles. The van der Waals surface area contributed by atoms with E-state index in [0.717, 1.165) is 0 Å². The lowest BCUT2D eigenvalue weighted by atomic mass is 9.85. The molecule has 1 heterocycles. The summed E-state index contributed by atoms with van der Waals surface area (Å²) in [4.78, 5) is 21.8. The Morgan fingerprint density at radius 1 is 1.58 bits per heavy atom. The number of aliphatic carboxylic acids is 1. The minimum Gasteiger partial charge on any atom is -0.478 e. The molecule has 12 heavy (non-hydrogen) atoms. The molecule has 1 aliphatic rings. The molecule has 0 bridgehead atoms. The molecular formula is C8H12O4. The van der Waals surface area contributed by atoms with Gasteiger partial charge in [-0.05, 0) is 6.92 Å². The lowest BCUT2D eigenvalue weighted by Crippen LogP contribution is -2.40. The van der Waals surface area contributed by atoms with Crippen LogP contribution in [-0.2, 0) is 14.3 Å². The van der Waals surface area contributed by atoms with Gasteiger partial charge in [-0.1, -0.05) is 13.8 Å². The van der Waals surface area contributed by atoms with Crippen molar-refractivity contribution in [3.63, 3.8) is 0 Å². The highest BCUT2D eigenvalue weighted by Crippen LogP contribution is 2.36. The molecule has 1 N–H and O–H groups in total. The number of carbonyl (C=O) groups is 2. The number of carboxylic acids is 1. The molecule has 0 spiro atoms. The second kappa shape index (κ2) is 2.47. The molecule has 0 radical (unpaired) electrons. The first-order valence-electron chi connectivity index (χ1n) is 3.86. The first kappa shape index (κ1) is 9.03. The third kappa shape index (κ3) is 0.983. The smallest absolute Gasteiger partial charge is 0.348 e. The summed E-state index contributed by atoms with van der Waals surface area (Å²) in [6.45, 7) is 4.83. The van der Waals surface area contributed by atoms with Gasteiger partial charge in [0.2, 0.25) is 5.60 Å². The second-order valence-electron chi connectivity index (χ2n) is 3.41. The van der Waals surface area contributed by atoms with Crippen LogP contribution in [0.2, 0.25) is 0 Å². The Morgan fingerprint density at radius 2 is 2.08 bits per heavy atom. The van der Waals surface area contributed by atoms with E-state index in [4.69, 9.17) is 9.84 Å². The Kier molecular flexibility index (Phi) is 1.86. The highest BCUT2D eigenvalue weighted by atomic mass is 16.6. The van der Waals surface area contributed by atoms with Crippen LogP contribution in [0.25, 0.3) is 0 Å². The van der Waals surface area contributed by atoms with E-state index in [2.05, 4.69) is 0 Å². The zero-order valence-electron chi connectivity index (χ0n) is 7.33. The monoisotopic (exact) mass is 172 g/mol. The number of carboxylic acid groups (broad SMARTS) is 1. The van der Waals surface area contributed by atoms with Gasteiger partial charge in [0.25, 0.3) is 0 Å². The number of esters is 1. The van der Waals surface area contributed by atoms with Gasteiger partial charge < -0.3 is 9.84 Å². The summed E-state index contributed by atoms with van der Waals surface area (Å²) in [5.41, 5.74) is -1.34. The predicted molar refractivity (Wildman–Crippen MR) is 40.5 cm³/mol. The maximum Gasteiger partial charge on any atom is 0.348 e. The molecule has 1 fully saturated rings. The van der Waals surface area contributed by atoms with Crippen molar-refractivity contribution in [2.45, 2.75) is 26.4 Å². The van der Waals surface area contributed by atoms with Crippen molar-refractivity contribution in [2.75, 3.05) is 0 Å². The van der Waals surface area contributed by atoms with Crippen LogP contribution in [0, 0.1) is 11.8 Å². The maximum atomic E-state index is 11.0. The van der Waals surface area contributed by atoms with Crippen molar-refractivity contribution in [3.05, 3.63) is 0 Å². The number of hydrogen-bond donors (Lipinski definition) is 1. The van der Waals surface area contributed by atoms with E-state index in [9.17, 15) is 9.59 Å². The largest absolute Gasteiger partial charge is 0.478 e. The molecular weight excluding hydrogens is 160 g/mol. The Morgan fingerprint density at radius 3 is 2.25 bits per heavy atom. The molecule has 3 atom stereocenters. The van der Waals surface area contributed by atoms with Crippen LogP contribution in [0.5, 0.6) is 0 Å². The van der Waals surface area contributed by atoms with E-state index in [0.29, 0.717) is 0 Å². The Labute approximate surface area is 70.5 Å². The fourth-order valence-electron chi connectivity index (χ4n) is 1.31. The zero-order chi connectivity index (χ0) is 9.52. The Balaban J connectivity index is 2.97. The van der Waals surface area contributed by atoms with E-state index < -0.39 is 17.5 Å². The van der Waals surface area contributed by atoms with Crippen LogP contribution < -0.4 is 0 Å². The van der Waals surface area contributed by atoms with E-state index in [-0.39, 0.29) is 11.8 Å². The summed E-state index contributed by atoms with van der Waals surface area (Å²) < 4.78 is 4.80. The van der Waals surface area contributed by atoms with Crippen LogP contribution in [0.1, 0.15) is 20.8 Å². The molecule has 0 unspecified atom stereocenters. The van der Waals surface area contributed by atoms with Gasteiger partial charge in [0.15, 0.2) is 0 Å². The van der Waals surface area contributed by atoms with Gasteiger partial charge in [0.05, 0.1) is 5.92 Å². The van der Waals surface area contributed by atoms with Crippen molar-refractivity contribution in [3.8, 4) is 0 Å². The highest BCUT2D eigenvalue weighted by Gasteiger charge is 2.53. The van der Waals surface area contributed by atoms with Gasteiger partial charge in [0.1, 0.15) is 0 Å². The van der Waals surface area contributed by atoms with Gasteiger partial charge >= 0.3 is 11.9 Å². The van der Waals surface area contributed by atoms with Crippen LogP contribution in [0.4, 0.5) is 0 Å². The summed E-state index contributed by atoms with van der Waals surface area (Å²) >= 11 is 0. The van der Waals surface area contributed by atoms with Crippen molar-refractivity contribution in [1.29, 1.82) is 0 Å². The molecule has 0 amide bonds. The number of carbonyl (C=O) groups excluding carboxylic acids is 1. The maximum absolute atomic E-state index is 11.0. The summed E-state index contributed by atoms with van der Waals surface area (Å²) in [6.07, 6.45) is 0. The molecule has 0 saturated carbocycles. The van der Waals surface area contributed by atoms with Crippen LogP contribution in [0.3, 0.4) is 0 Å². The van der Waals surface area contributed by atoms with Crippen molar-refractivity contribution < 1.29 is 19.4 Å². The van der Waals surface area contributed by atoms with Crippen molar-refractivity contribution >= 4 is 11.9 Å². The normalized spacial score (nSPS) is 41.1. The van der Waals surface area contributed by atoms with E-state index >= 15 is 0 Å². The molecule has 0 aliphatic carbocycles. The lowest BCUT2D eigenvalue weighted by molar-refractivity contribution is -0.170. The standard InChI is InChI=1S/C8H12O4/c1-4-5(2)8(3,7(10)11)12-6(4)9/h4-5H,1-3H3,(H,10,11)/t4-,5+,8-/m1/s1. The van der Waals surface area contributed by atoms with Crippen LogP contribution in [-0.4, -0.2) is 22.6 Å². The fourth-order valence-corrected chi connectivity index (χ4v) is 1.31. The zero-order valence-corrected chi connectivity index (χ0v) is 7.33. The number of rotatable bonds is 1. The quantitative estimate of drug-likeness (QED) is 0.590. The topological polar surface area (TPSA) is 63.6 Å². The summed E-state index contributed by atoms with van der Waals surface area (Å²) in [5, 5.41) is 8.80. The molecule has 68 valence electrons. The minimum atomic E-state index is -1.34. The second-order valence-corrected chi connectivity index (χ2v) is 3.41. The summed E-state index contributed by atoms with van der Waals surface area (Å²) in [5.74, 6) is -2.10. The average molecular weight is 172 g/mol. The minimum absolute atomic E-state index is 0.275. The van der Waals surface area contributed by atoms with E-state index in [1.165, 1.54) is 6.92 Å². The molecule has 0 aromatic heterocycles. The molecule has 1 aliphatic heterocycles. The van der Waals surface area contributed by atoms with Crippen LogP contribution in [0.15, 0.2) is 0 Å². The van der Waals surface area contributed by atoms with E-state index in [1.54, 1.807) is 13.8 Å². The van der Waals surface area contributed by atoms with Crippen LogP contribution >= 0.6 is 0 Å². The SMILES string of the molecule is C[C@H]1C(=O)O[C@@](C)(C(=O)O)[C@H]1C. The first-order chi connectivity index (χ1) is 5.39. The number of hydrogen-bond acceptors (Lipinski definition) is 3. The van der Waals surface area contributed by atoms with Gasteiger partial charge in [0, 0.05) is 5.92 Å². The summed E-state index contributed by atoms with van der Waals surface area (Å²) in [6, 6.07) is 0. The molecule has 4 nitrogen and oxygen atoms in total. The van der Waals surface area contributed by atoms with Crippen molar-refractivity contribution in [2.24, 2.45) is 11.8 Å². The van der Waals surface area contributed by atoms with Gasteiger partial charge in [-0.2, -0.15) is 0 Å². The van der Waals surface area contributed by atoms with E-state index in [1.807, 2.05) is 0 Å². The van der Waals surface area contributed by atoms with Gasteiger partial charge in [-0.3, -0.25) is 4.79 Å². The third-order valence-corrected chi connectivity index (χ3v) is 2.73. The fraction of sp³-hybridized carbons (Fsp3) is 0.750. The van der Waals surface area contributed by atoms with Crippen molar-refractivity contribution in [1.82, 2.24) is 0 Å². The predicted octanol–water partition coefficient (Wildman–Crippen LogP) is 0.659. The molecule has 1 rings (SSSR count). The first-order valence-corrected chi connectivity index (χ1v) is 3.86. The molecule has 0 aromatic carbocycles. The number of ether oxygens (including phenoxy) is 1. The average Bonchev–Trinajstić information content (AvgIpc) is 2.17. The van der Waals surface area contributed by atoms with Gasteiger partial charge in [-0.15, -0.1) is 0 Å². The number of cyclic esters (lactones) is 1. The third-order valence-electron chi connectivity index (χ3n) is 2.73. The molecule has 4 heteroatoms. The lowest BCUT2D eigenvalue weighted by Gasteiger charge is -2.22. The van der Waals surface area contributed by atoms with Gasteiger partial charge in [-0.25, -0.2) is 4.79 Å².